The van der Waals surface area contributed by atoms with Crippen LogP contribution in [0.3, 0.4) is 0 Å². The Morgan fingerprint density at radius 3 is 2.95 bits per heavy atom. The van der Waals surface area contributed by atoms with Crippen LogP contribution in [0.5, 0.6) is 11.5 Å². The van der Waals surface area contributed by atoms with Gasteiger partial charge in [-0.25, -0.2) is 10.4 Å². The van der Waals surface area contributed by atoms with E-state index >= 15 is 0 Å². The van der Waals surface area contributed by atoms with Crippen molar-refractivity contribution < 1.29 is 14.6 Å². The van der Waals surface area contributed by atoms with Crippen LogP contribution in [0.4, 0.5) is 5.13 Å². The van der Waals surface area contributed by atoms with Crippen LogP contribution in [-0.4, -0.2) is 29.3 Å². The third kappa shape index (κ3) is 3.48. The van der Waals surface area contributed by atoms with Crippen molar-refractivity contribution >= 4 is 28.6 Å². The number of nitrogen functional groups attached to an aromatic ring is 1. The Morgan fingerprint density at radius 1 is 1.57 bits per heavy atom. The molecule has 0 fully saturated rings. The number of anilines is 1. The number of thiazole rings is 1. The number of rotatable bonds is 4. The van der Waals surface area contributed by atoms with Gasteiger partial charge in [0.15, 0.2) is 16.6 Å². The third-order valence-electron chi connectivity index (χ3n) is 2.60. The first-order valence-electron chi connectivity index (χ1n) is 5.94. The Bertz CT molecular complexity index is 697. The highest BCUT2D eigenvalue weighted by molar-refractivity contribution is 7.17. The topological polar surface area (TPSA) is 110 Å². The Balaban J connectivity index is 2.05. The van der Waals surface area contributed by atoms with Gasteiger partial charge in [0.1, 0.15) is 4.88 Å². The average molecular weight is 306 g/mol. The highest BCUT2D eigenvalue weighted by Crippen LogP contribution is 2.25. The maximum absolute atomic E-state index is 11.9. The summed E-state index contributed by atoms with van der Waals surface area (Å²) in [5.41, 5.74) is 9.17. The van der Waals surface area contributed by atoms with E-state index < -0.39 is 0 Å². The van der Waals surface area contributed by atoms with Crippen molar-refractivity contribution in [2.45, 2.75) is 6.92 Å². The van der Waals surface area contributed by atoms with Gasteiger partial charge in [0.05, 0.1) is 19.0 Å². The van der Waals surface area contributed by atoms with Crippen LogP contribution in [0.2, 0.25) is 0 Å². The maximum atomic E-state index is 11.9. The van der Waals surface area contributed by atoms with Crippen LogP contribution in [-0.2, 0) is 0 Å². The molecule has 7 nitrogen and oxygen atoms in total. The fourth-order valence-corrected chi connectivity index (χ4v) is 2.34. The van der Waals surface area contributed by atoms with Crippen molar-refractivity contribution in [3.8, 4) is 11.5 Å². The molecule has 0 saturated carbocycles. The van der Waals surface area contributed by atoms with E-state index in [0.717, 1.165) is 11.3 Å². The monoisotopic (exact) mass is 306 g/mol. The predicted octanol–water partition coefficient (Wildman–Crippen LogP) is 1.51. The molecule has 0 saturated heterocycles. The van der Waals surface area contributed by atoms with E-state index in [1.807, 2.05) is 0 Å². The second kappa shape index (κ2) is 6.23. The Labute approximate surface area is 125 Å². The fourth-order valence-electron chi connectivity index (χ4n) is 1.62. The first-order chi connectivity index (χ1) is 10.0. The van der Waals surface area contributed by atoms with Gasteiger partial charge in [0.2, 0.25) is 0 Å². The lowest BCUT2D eigenvalue weighted by Crippen LogP contribution is -2.17. The number of phenolic OH excluding ortho intramolecular Hbond substituents is 1. The molecule has 0 bridgehead atoms. The zero-order valence-electron chi connectivity index (χ0n) is 11.5. The molecule has 1 aromatic heterocycles. The van der Waals surface area contributed by atoms with Crippen LogP contribution in [0, 0.1) is 6.92 Å². The van der Waals surface area contributed by atoms with Gasteiger partial charge in [-0.1, -0.05) is 11.3 Å². The van der Waals surface area contributed by atoms with Crippen molar-refractivity contribution in [1.29, 1.82) is 0 Å². The molecule has 0 atom stereocenters. The molecule has 2 rings (SSSR count). The molecule has 1 heterocycles. The molecule has 0 aliphatic carbocycles. The van der Waals surface area contributed by atoms with E-state index in [4.69, 9.17) is 10.5 Å². The number of methoxy groups -OCH3 is 1. The Hall–Kier alpha value is -2.61. The van der Waals surface area contributed by atoms with Crippen molar-refractivity contribution in [3.05, 3.63) is 34.3 Å². The number of aryl methyl sites for hydroxylation is 1. The second-order valence-corrected chi connectivity index (χ2v) is 5.13. The van der Waals surface area contributed by atoms with Crippen LogP contribution in [0.25, 0.3) is 0 Å². The number of nitrogens with zero attached hydrogens (tertiary/aromatic N) is 2. The minimum absolute atomic E-state index is 0.0365. The average Bonchev–Trinajstić information content (AvgIpc) is 2.79. The number of aromatic hydroxyl groups is 1. The number of phenols is 1. The van der Waals surface area contributed by atoms with Crippen molar-refractivity contribution in [2.75, 3.05) is 12.8 Å². The minimum Gasteiger partial charge on any atom is -0.504 e. The molecule has 0 spiro atoms. The molecule has 21 heavy (non-hydrogen) atoms. The third-order valence-corrected chi connectivity index (χ3v) is 3.59. The van der Waals surface area contributed by atoms with Crippen molar-refractivity contribution in [1.82, 2.24) is 10.4 Å². The summed E-state index contributed by atoms with van der Waals surface area (Å²) in [4.78, 5) is 16.3. The molecule has 0 aliphatic rings. The van der Waals surface area contributed by atoms with Crippen molar-refractivity contribution in [3.63, 3.8) is 0 Å². The molecule has 0 unspecified atom stereocenters. The van der Waals surface area contributed by atoms with E-state index in [9.17, 15) is 9.90 Å². The number of nitrogens with one attached hydrogen (secondary N) is 1. The van der Waals surface area contributed by atoms with Gasteiger partial charge < -0.3 is 15.6 Å². The summed E-state index contributed by atoms with van der Waals surface area (Å²) in [5.74, 6) is -0.00510. The SMILES string of the molecule is COc1cc(/C=N\NC(=O)c2sc(N)nc2C)ccc1O. The molecule has 1 amide bonds. The standard InChI is InChI=1S/C13H14N4O3S/c1-7-11(21-13(14)16-7)12(19)17-15-6-8-3-4-9(18)10(5-8)20-2/h3-6,18H,1-2H3,(H2,14,16)(H,17,19)/b15-6-. The normalized spacial score (nSPS) is 10.8. The smallest absolute Gasteiger partial charge is 0.283 e. The van der Waals surface area contributed by atoms with Gasteiger partial charge in [-0.2, -0.15) is 5.10 Å². The summed E-state index contributed by atoms with van der Waals surface area (Å²) < 4.78 is 4.98. The number of benzene rings is 1. The minimum atomic E-state index is -0.372. The van der Waals surface area contributed by atoms with E-state index in [1.165, 1.54) is 19.4 Å². The second-order valence-electron chi connectivity index (χ2n) is 4.10. The first-order valence-corrected chi connectivity index (χ1v) is 6.76. The molecule has 1 aromatic carbocycles. The van der Waals surface area contributed by atoms with Gasteiger partial charge in [-0.05, 0) is 30.7 Å². The Kier molecular flexibility index (Phi) is 4.39. The quantitative estimate of drug-likeness (QED) is 0.586. The first kappa shape index (κ1) is 14.8. The number of carbonyl (C=O) groups is 1. The number of carbonyl (C=O) groups excluding carboxylic acids is 1. The van der Waals surface area contributed by atoms with Crippen LogP contribution >= 0.6 is 11.3 Å². The Morgan fingerprint density at radius 2 is 2.33 bits per heavy atom. The molecule has 0 aliphatic heterocycles. The number of aromatic nitrogens is 1. The number of nitrogens with two attached hydrogens (primary N) is 1. The molecular weight excluding hydrogens is 292 g/mol. The van der Waals surface area contributed by atoms with Gasteiger partial charge in [-0.3, -0.25) is 4.79 Å². The number of hydrazone groups is 1. The lowest BCUT2D eigenvalue weighted by Gasteiger charge is -2.03. The zero-order valence-corrected chi connectivity index (χ0v) is 12.3. The highest BCUT2D eigenvalue weighted by atomic mass is 32.1. The van der Waals surface area contributed by atoms with E-state index in [0.29, 0.717) is 27.0 Å². The van der Waals surface area contributed by atoms with E-state index in [1.54, 1.807) is 19.1 Å². The number of amides is 1. The summed E-state index contributed by atoms with van der Waals surface area (Å²) in [7, 11) is 1.45. The van der Waals surface area contributed by atoms with Gasteiger partial charge in [0.25, 0.3) is 5.91 Å². The highest BCUT2D eigenvalue weighted by Gasteiger charge is 2.13. The number of hydrogen-bond acceptors (Lipinski definition) is 7. The van der Waals surface area contributed by atoms with Gasteiger partial charge in [0, 0.05) is 0 Å². The maximum Gasteiger partial charge on any atom is 0.283 e. The molecule has 110 valence electrons. The lowest BCUT2D eigenvalue weighted by atomic mass is 10.2. The van der Waals surface area contributed by atoms with E-state index in [2.05, 4.69) is 15.5 Å². The largest absolute Gasteiger partial charge is 0.504 e. The van der Waals surface area contributed by atoms with Crippen LogP contribution < -0.4 is 15.9 Å². The number of hydrogen-bond donors (Lipinski definition) is 3. The molecular formula is C13H14N4O3S. The van der Waals surface area contributed by atoms with Crippen LogP contribution in [0.15, 0.2) is 23.3 Å². The van der Waals surface area contributed by atoms with Crippen LogP contribution in [0.1, 0.15) is 20.9 Å². The number of ether oxygens (including phenoxy) is 1. The van der Waals surface area contributed by atoms with E-state index in [-0.39, 0.29) is 11.7 Å². The van der Waals surface area contributed by atoms with Gasteiger partial charge >= 0.3 is 0 Å². The summed E-state index contributed by atoms with van der Waals surface area (Å²) >= 11 is 1.10. The van der Waals surface area contributed by atoms with Crippen molar-refractivity contribution in [2.24, 2.45) is 5.10 Å². The predicted molar refractivity (Wildman–Crippen MR) is 81.0 cm³/mol. The molecule has 8 heteroatoms. The summed E-state index contributed by atoms with van der Waals surface area (Å²) in [5, 5.41) is 13.7. The fraction of sp³-hybridized carbons (Fsp3) is 0.154. The molecule has 4 N–H and O–H groups in total. The summed E-state index contributed by atoms with van der Waals surface area (Å²) in [6.45, 7) is 1.70. The molecule has 2 aromatic rings. The lowest BCUT2D eigenvalue weighted by molar-refractivity contribution is 0.0958. The molecule has 0 radical (unpaired) electrons. The van der Waals surface area contributed by atoms with Gasteiger partial charge in [-0.15, -0.1) is 0 Å². The zero-order chi connectivity index (χ0) is 15.4. The summed E-state index contributed by atoms with van der Waals surface area (Å²) in [6, 6.07) is 4.72. The summed E-state index contributed by atoms with van der Waals surface area (Å²) in [6.07, 6.45) is 1.44.